The molecule has 2 saturated heterocycles. The van der Waals surface area contributed by atoms with E-state index in [0.717, 1.165) is 37.1 Å². The van der Waals surface area contributed by atoms with Crippen molar-refractivity contribution in [1.82, 2.24) is 15.5 Å². The Bertz CT molecular complexity index is 698. The van der Waals surface area contributed by atoms with E-state index in [2.05, 4.69) is 33.0 Å². The molecule has 29 heavy (non-hydrogen) atoms. The summed E-state index contributed by atoms with van der Waals surface area (Å²) in [6.45, 7) is 1.10. The standard InChI is InChI=1S/C24H35N3OS/c28-23(26-24-12-16-7-17(13-24)9-18(8-16)14-24)25-19-10-20-3-1-4-21(11-19)27(20)15-22-5-2-6-29-22/h2,5-6,16-21H,1,3-4,7-15H2,(H2,25,26,28). The molecule has 3 heterocycles. The lowest BCUT2D eigenvalue weighted by Crippen LogP contribution is -2.63. The van der Waals surface area contributed by atoms with Crippen LogP contribution in [0.2, 0.25) is 0 Å². The van der Waals surface area contributed by atoms with Crippen molar-refractivity contribution in [2.75, 3.05) is 0 Å². The Morgan fingerprint density at radius 1 is 1.03 bits per heavy atom. The molecule has 7 rings (SSSR count). The van der Waals surface area contributed by atoms with Gasteiger partial charge >= 0.3 is 6.03 Å². The molecular weight excluding hydrogens is 378 g/mol. The van der Waals surface area contributed by atoms with Gasteiger partial charge < -0.3 is 10.6 Å². The lowest BCUT2D eigenvalue weighted by Gasteiger charge is -2.57. The van der Waals surface area contributed by atoms with Crippen LogP contribution in [0.1, 0.15) is 75.5 Å². The number of carbonyl (C=O) groups is 1. The van der Waals surface area contributed by atoms with Crippen molar-refractivity contribution in [2.45, 2.75) is 101 Å². The van der Waals surface area contributed by atoms with Gasteiger partial charge in [0.25, 0.3) is 0 Å². The third-order valence-electron chi connectivity index (χ3n) is 8.80. The van der Waals surface area contributed by atoms with Crippen LogP contribution in [0.5, 0.6) is 0 Å². The number of urea groups is 1. The van der Waals surface area contributed by atoms with E-state index in [9.17, 15) is 4.79 Å². The number of carbonyl (C=O) groups excluding carboxylic acids is 1. The topological polar surface area (TPSA) is 44.4 Å². The summed E-state index contributed by atoms with van der Waals surface area (Å²) in [6.07, 6.45) is 14.1. The molecule has 0 spiro atoms. The van der Waals surface area contributed by atoms with E-state index in [-0.39, 0.29) is 11.6 Å². The molecule has 1 aromatic rings. The Balaban J connectivity index is 1.08. The van der Waals surface area contributed by atoms with Crippen molar-refractivity contribution < 1.29 is 4.79 Å². The summed E-state index contributed by atoms with van der Waals surface area (Å²) in [5, 5.41) is 9.14. The minimum absolute atomic E-state index is 0.120. The maximum absolute atomic E-state index is 13.0. The smallest absolute Gasteiger partial charge is 0.315 e. The molecule has 2 aliphatic heterocycles. The van der Waals surface area contributed by atoms with E-state index < -0.39 is 0 Å². The van der Waals surface area contributed by atoms with Gasteiger partial charge in [0.05, 0.1) is 0 Å². The van der Waals surface area contributed by atoms with Gasteiger partial charge in [-0.2, -0.15) is 0 Å². The average Bonchev–Trinajstić information content (AvgIpc) is 3.13. The molecule has 0 radical (unpaired) electrons. The third kappa shape index (κ3) is 3.63. The van der Waals surface area contributed by atoms with Gasteiger partial charge in [-0.3, -0.25) is 4.90 Å². The molecule has 2 unspecified atom stereocenters. The van der Waals surface area contributed by atoms with Crippen LogP contribution in [0.25, 0.3) is 0 Å². The highest BCUT2D eigenvalue weighted by atomic mass is 32.1. The summed E-state index contributed by atoms with van der Waals surface area (Å²) in [5.41, 5.74) is 0.120. The summed E-state index contributed by atoms with van der Waals surface area (Å²) in [4.78, 5) is 17.2. The monoisotopic (exact) mass is 413 g/mol. The highest BCUT2D eigenvalue weighted by molar-refractivity contribution is 7.09. The van der Waals surface area contributed by atoms with Crippen LogP contribution >= 0.6 is 11.3 Å². The Hall–Kier alpha value is -1.07. The van der Waals surface area contributed by atoms with Gasteiger partial charge in [0.15, 0.2) is 0 Å². The molecule has 4 nitrogen and oxygen atoms in total. The van der Waals surface area contributed by atoms with Crippen molar-refractivity contribution in [3.8, 4) is 0 Å². The molecule has 2 amide bonds. The number of amides is 2. The first kappa shape index (κ1) is 18.7. The molecule has 6 bridgehead atoms. The normalized spacial score (nSPS) is 43.3. The van der Waals surface area contributed by atoms with E-state index in [0.29, 0.717) is 18.1 Å². The molecule has 6 aliphatic rings. The van der Waals surface area contributed by atoms with Crippen LogP contribution in [0.4, 0.5) is 4.79 Å². The number of hydrogen-bond acceptors (Lipinski definition) is 3. The average molecular weight is 414 g/mol. The van der Waals surface area contributed by atoms with E-state index in [1.807, 2.05) is 11.3 Å². The van der Waals surface area contributed by atoms with Crippen LogP contribution in [-0.4, -0.2) is 34.6 Å². The fourth-order valence-corrected chi connectivity index (χ4v) is 8.88. The fraction of sp³-hybridized carbons (Fsp3) is 0.792. The lowest BCUT2D eigenvalue weighted by molar-refractivity contribution is -0.0145. The molecule has 158 valence electrons. The Labute approximate surface area is 178 Å². The predicted octanol–water partition coefficient (Wildman–Crippen LogP) is 4.90. The fourth-order valence-electron chi connectivity index (χ4n) is 8.16. The van der Waals surface area contributed by atoms with E-state index in [1.165, 1.54) is 62.7 Å². The van der Waals surface area contributed by atoms with E-state index >= 15 is 0 Å². The first-order valence-electron chi connectivity index (χ1n) is 12.0. The summed E-state index contributed by atoms with van der Waals surface area (Å²) >= 11 is 1.88. The second kappa shape index (κ2) is 7.26. The van der Waals surface area contributed by atoms with Gasteiger partial charge in [-0.05, 0) is 93.4 Å². The Morgan fingerprint density at radius 2 is 1.69 bits per heavy atom. The summed E-state index contributed by atoms with van der Waals surface area (Å²) in [5.74, 6) is 2.63. The van der Waals surface area contributed by atoms with Crippen LogP contribution in [-0.2, 0) is 6.54 Å². The zero-order valence-corrected chi connectivity index (χ0v) is 18.3. The van der Waals surface area contributed by atoms with Crippen LogP contribution < -0.4 is 10.6 Å². The molecule has 6 fully saturated rings. The molecule has 2 N–H and O–H groups in total. The number of fused-ring (bicyclic) bond motifs is 2. The Kier molecular flexibility index (Phi) is 4.68. The van der Waals surface area contributed by atoms with Crippen molar-refractivity contribution in [3.63, 3.8) is 0 Å². The van der Waals surface area contributed by atoms with Crippen LogP contribution in [0, 0.1) is 17.8 Å². The maximum atomic E-state index is 13.0. The SMILES string of the molecule is O=C(NC1CC2CCCC(C1)N2Cc1cccs1)NC12CC3CC(CC(C3)C1)C2. The van der Waals surface area contributed by atoms with Crippen molar-refractivity contribution >= 4 is 17.4 Å². The van der Waals surface area contributed by atoms with Crippen molar-refractivity contribution in [2.24, 2.45) is 17.8 Å². The number of nitrogens with zero attached hydrogens (tertiary/aromatic N) is 1. The molecule has 4 aliphatic carbocycles. The molecule has 0 aromatic carbocycles. The summed E-state index contributed by atoms with van der Waals surface area (Å²) < 4.78 is 0. The zero-order valence-electron chi connectivity index (χ0n) is 17.4. The lowest BCUT2D eigenvalue weighted by atomic mass is 9.53. The first-order chi connectivity index (χ1) is 14.1. The second-order valence-corrected chi connectivity index (χ2v) is 12.0. The molecule has 5 heteroatoms. The van der Waals surface area contributed by atoms with Crippen LogP contribution in [0.15, 0.2) is 17.5 Å². The third-order valence-corrected chi connectivity index (χ3v) is 9.66. The maximum Gasteiger partial charge on any atom is 0.315 e. The Morgan fingerprint density at radius 3 is 2.28 bits per heavy atom. The molecule has 4 saturated carbocycles. The minimum Gasteiger partial charge on any atom is -0.335 e. The highest BCUT2D eigenvalue weighted by Crippen LogP contribution is 2.55. The summed E-state index contributed by atoms with van der Waals surface area (Å²) in [7, 11) is 0. The quantitative estimate of drug-likeness (QED) is 0.737. The van der Waals surface area contributed by atoms with Gasteiger partial charge in [-0.25, -0.2) is 4.79 Å². The van der Waals surface area contributed by atoms with Crippen molar-refractivity contribution in [3.05, 3.63) is 22.4 Å². The summed E-state index contributed by atoms with van der Waals surface area (Å²) in [6, 6.07) is 6.17. The number of nitrogens with one attached hydrogen (secondary N) is 2. The van der Waals surface area contributed by atoms with E-state index in [1.54, 1.807) is 0 Å². The zero-order chi connectivity index (χ0) is 19.4. The largest absolute Gasteiger partial charge is 0.335 e. The number of piperidine rings is 2. The van der Waals surface area contributed by atoms with E-state index in [4.69, 9.17) is 0 Å². The highest BCUT2D eigenvalue weighted by Gasteiger charge is 2.51. The first-order valence-corrected chi connectivity index (χ1v) is 12.9. The molecule has 2 atom stereocenters. The minimum atomic E-state index is 0.120. The van der Waals surface area contributed by atoms with Gasteiger partial charge in [0, 0.05) is 35.1 Å². The molecular formula is C24H35N3OS. The van der Waals surface area contributed by atoms with Gasteiger partial charge in [-0.15, -0.1) is 11.3 Å². The van der Waals surface area contributed by atoms with Gasteiger partial charge in [0.1, 0.15) is 0 Å². The van der Waals surface area contributed by atoms with Gasteiger partial charge in [0.2, 0.25) is 0 Å². The number of thiophene rings is 1. The number of hydrogen-bond donors (Lipinski definition) is 2. The van der Waals surface area contributed by atoms with Gasteiger partial charge in [-0.1, -0.05) is 12.5 Å². The predicted molar refractivity (Wildman–Crippen MR) is 117 cm³/mol. The second-order valence-electron chi connectivity index (χ2n) is 11.0. The van der Waals surface area contributed by atoms with Crippen LogP contribution in [0.3, 0.4) is 0 Å². The van der Waals surface area contributed by atoms with Crippen molar-refractivity contribution in [1.29, 1.82) is 0 Å². The molecule has 1 aromatic heterocycles. The number of rotatable bonds is 4.